The average Bonchev–Trinajstić information content (AvgIpc) is 2.97. The summed E-state index contributed by atoms with van der Waals surface area (Å²) in [5.41, 5.74) is 2.08. The molecule has 4 rings (SSSR count). The zero-order valence-electron chi connectivity index (χ0n) is 15.4. The molecule has 2 heterocycles. The Balaban J connectivity index is 1.43. The van der Waals surface area contributed by atoms with E-state index >= 15 is 0 Å². The lowest BCUT2D eigenvalue weighted by molar-refractivity contribution is 0.0862. The molecule has 1 amide bonds. The topological polar surface area (TPSA) is 58.1 Å². The molecule has 0 spiro atoms. The molecule has 1 aromatic carbocycles. The van der Waals surface area contributed by atoms with Gasteiger partial charge >= 0.3 is 0 Å². The van der Waals surface area contributed by atoms with Crippen LogP contribution in [0, 0.1) is 0 Å². The van der Waals surface area contributed by atoms with E-state index in [0.29, 0.717) is 17.1 Å². The molecule has 5 heteroatoms. The summed E-state index contributed by atoms with van der Waals surface area (Å²) in [6, 6.07) is 6.56. The van der Waals surface area contributed by atoms with Crippen LogP contribution >= 0.6 is 0 Å². The van der Waals surface area contributed by atoms with Gasteiger partial charge in [-0.1, -0.05) is 31.7 Å². The van der Waals surface area contributed by atoms with Crippen molar-refractivity contribution in [3.63, 3.8) is 0 Å². The van der Waals surface area contributed by atoms with Crippen LogP contribution in [-0.2, 0) is 0 Å². The molecule has 1 atom stereocenters. The van der Waals surface area contributed by atoms with Gasteiger partial charge in [0.2, 0.25) is 0 Å². The Morgan fingerprint density at radius 2 is 1.81 bits per heavy atom. The van der Waals surface area contributed by atoms with E-state index in [1.54, 1.807) is 12.4 Å². The van der Waals surface area contributed by atoms with Crippen LogP contribution in [0.5, 0.6) is 0 Å². The van der Waals surface area contributed by atoms with Crippen LogP contribution in [0.1, 0.15) is 61.7 Å². The summed E-state index contributed by atoms with van der Waals surface area (Å²) >= 11 is 0. The highest BCUT2D eigenvalue weighted by molar-refractivity contribution is 6.04. The number of hydrogen-bond donors (Lipinski definition) is 1. The zero-order chi connectivity index (χ0) is 17.8. The number of fused-ring (bicyclic) bond motifs is 1. The maximum absolute atomic E-state index is 12.9. The van der Waals surface area contributed by atoms with Crippen LogP contribution < -0.4 is 5.32 Å². The molecule has 1 unspecified atom stereocenters. The molecule has 26 heavy (non-hydrogen) atoms. The number of rotatable bonds is 3. The predicted octanol–water partition coefficient (Wildman–Crippen LogP) is 3.55. The molecule has 1 N–H and O–H groups in total. The SMILES string of the molecule is O=C(NC1CCCN(C2CCCCCC2)C1)c1cccc2nccnc12. The quantitative estimate of drug-likeness (QED) is 0.858. The van der Waals surface area contributed by atoms with Crippen molar-refractivity contribution in [3.8, 4) is 0 Å². The molecule has 2 aliphatic rings. The van der Waals surface area contributed by atoms with Gasteiger partial charge in [0.05, 0.1) is 11.1 Å². The standard InChI is InChI=1S/C21H28N4O/c26-21(18-10-5-11-19-20(18)23-13-12-22-19)24-16-7-6-14-25(15-16)17-8-3-1-2-4-9-17/h5,10-13,16-17H,1-4,6-9,14-15H2,(H,24,26). The molecule has 1 aliphatic carbocycles. The Kier molecular flexibility index (Phi) is 5.44. The largest absolute Gasteiger partial charge is 0.348 e. The third-order valence-corrected chi connectivity index (χ3v) is 5.87. The number of benzene rings is 1. The lowest BCUT2D eigenvalue weighted by atomic mass is 9.99. The molecule has 0 radical (unpaired) electrons. The van der Waals surface area contributed by atoms with Gasteiger partial charge in [0, 0.05) is 31.0 Å². The van der Waals surface area contributed by atoms with E-state index in [9.17, 15) is 4.79 Å². The van der Waals surface area contributed by atoms with Crippen molar-refractivity contribution in [1.82, 2.24) is 20.2 Å². The number of piperidine rings is 1. The van der Waals surface area contributed by atoms with Crippen LogP contribution in [0.4, 0.5) is 0 Å². The number of amides is 1. The Morgan fingerprint density at radius 1 is 1.00 bits per heavy atom. The van der Waals surface area contributed by atoms with Gasteiger partial charge in [-0.3, -0.25) is 19.7 Å². The normalized spacial score (nSPS) is 22.8. The number of carbonyl (C=O) groups excluding carboxylic acids is 1. The van der Waals surface area contributed by atoms with Gasteiger partial charge in [-0.2, -0.15) is 0 Å². The van der Waals surface area contributed by atoms with Crippen LogP contribution in [0.2, 0.25) is 0 Å². The third kappa shape index (κ3) is 3.88. The van der Waals surface area contributed by atoms with E-state index in [-0.39, 0.29) is 11.9 Å². The fourth-order valence-electron chi connectivity index (χ4n) is 4.52. The first-order chi connectivity index (χ1) is 12.8. The Labute approximate surface area is 155 Å². The summed E-state index contributed by atoms with van der Waals surface area (Å²) in [6.07, 6.45) is 13.6. The number of nitrogens with zero attached hydrogens (tertiary/aromatic N) is 3. The van der Waals surface area contributed by atoms with Crippen LogP contribution in [0.15, 0.2) is 30.6 Å². The van der Waals surface area contributed by atoms with E-state index in [4.69, 9.17) is 0 Å². The minimum Gasteiger partial charge on any atom is -0.348 e. The Morgan fingerprint density at radius 3 is 2.65 bits per heavy atom. The van der Waals surface area contributed by atoms with Gasteiger partial charge < -0.3 is 5.32 Å². The molecule has 1 aromatic heterocycles. The fraction of sp³-hybridized carbons (Fsp3) is 0.571. The van der Waals surface area contributed by atoms with E-state index in [1.165, 1.54) is 45.1 Å². The summed E-state index contributed by atoms with van der Waals surface area (Å²) < 4.78 is 0. The molecule has 138 valence electrons. The van der Waals surface area contributed by atoms with Crippen molar-refractivity contribution in [1.29, 1.82) is 0 Å². The minimum absolute atomic E-state index is 0.0242. The van der Waals surface area contributed by atoms with Crippen LogP contribution in [0.25, 0.3) is 11.0 Å². The molecule has 1 saturated carbocycles. The van der Waals surface area contributed by atoms with E-state index in [1.807, 2.05) is 18.2 Å². The first-order valence-electron chi connectivity index (χ1n) is 10.1. The van der Waals surface area contributed by atoms with Gasteiger partial charge in [-0.25, -0.2) is 0 Å². The Bertz CT molecular complexity index is 749. The molecular formula is C21H28N4O. The third-order valence-electron chi connectivity index (χ3n) is 5.87. The number of para-hydroxylation sites is 1. The second-order valence-corrected chi connectivity index (χ2v) is 7.68. The monoisotopic (exact) mass is 352 g/mol. The molecule has 0 bridgehead atoms. The van der Waals surface area contributed by atoms with Gasteiger partial charge in [0.1, 0.15) is 5.52 Å². The van der Waals surface area contributed by atoms with Gasteiger partial charge in [0.15, 0.2) is 0 Å². The smallest absolute Gasteiger partial charge is 0.253 e. The number of carbonyl (C=O) groups is 1. The number of aromatic nitrogens is 2. The van der Waals surface area contributed by atoms with Gasteiger partial charge in [-0.15, -0.1) is 0 Å². The van der Waals surface area contributed by atoms with E-state index in [0.717, 1.165) is 24.9 Å². The minimum atomic E-state index is -0.0242. The second kappa shape index (κ2) is 8.12. The predicted molar refractivity (Wildman–Crippen MR) is 103 cm³/mol. The van der Waals surface area contributed by atoms with Crippen molar-refractivity contribution >= 4 is 16.9 Å². The summed E-state index contributed by atoms with van der Waals surface area (Å²) in [7, 11) is 0. The van der Waals surface area contributed by atoms with Crippen LogP contribution in [0.3, 0.4) is 0 Å². The summed E-state index contributed by atoms with van der Waals surface area (Å²) in [5.74, 6) is -0.0242. The maximum atomic E-state index is 12.9. The van der Waals surface area contributed by atoms with Gasteiger partial charge in [0.25, 0.3) is 5.91 Å². The zero-order valence-corrected chi connectivity index (χ0v) is 15.4. The molecule has 2 aromatic rings. The summed E-state index contributed by atoms with van der Waals surface area (Å²) in [5, 5.41) is 3.26. The van der Waals surface area contributed by atoms with Gasteiger partial charge in [-0.05, 0) is 44.4 Å². The maximum Gasteiger partial charge on any atom is 0.253 e. The van der Waals surface area contributed by atoms with E-state index < -0.39 is 0 Å². The van der Waals surface area contributed by atoms with Crippen molar-refractivity contribution in [2.45, 2.75) is 63.5 Å². The van der Waals surface area contributed by atoms with Crippen LogP contribution in [-0.4, -0.2) is 45.9 Å². The van der Waals surface area contributed by atoms with E-state index in [2.05, 4.69) is 20.2 Å². The molecular weight excluding hydrogens is 324 g/mol. The number of nitrogens with one attached hydrogen (secondary N) is 1. The first-order valence-corrected chi connectivity index (χ1v) is 10.1. The van der Waals surface area contributed by atoms with Crippen molar-refractivity contribution < 1.29 is 4.79 Å². The van der Waals surface area contributed by atoms with Crippen molar-refractivity contribution in [3.05, 3.63) is 36.2 Å². The van der Waals surface area contributed by atoms with Crippen molar-refractivity contribution in [2.24, 2.45) is 0 Å². The first kappa shape index (κ1) is 17.4. The lowest BCUT2D eigenvalue weighted by Crippen LogP contribution is -2.50. The molecule has 2 fully saturated rings. The second-order valence-electron chi connectivity index (χ2n) is 7.68. The lowest BCUT2D eigenvalue weighted by Gasteiger charge is -2.38. The summed E-state index contributed by atoms with van der Waals surface area (Å²) in [4.78, 5) is 24.2. The molecule has 5 nitrogen and oxygen atoms in total. The number of hydrogen-bond acceptors (Lipinski definition) is 4. The molecule has 1 saturated heterocycles. The molecule has 1 aliphatic heterocycles. The highest BCUT2D eigenvalue weighted by Gasteiger charge is 2.27. The highest BCUT2D eigenvalue weighted by Crippen LogP contribution is 2.25. The Hall–Kier alpha value is -2.01. The average molecular weight is 352 g/mol. The summed E-state index contributed by atoms with van der Waals surface area (Å²) in [6.45, 7) is 2.16. The fourth-order valence-corrected chi connectivity index (χ4v) is 4.52. The highest BCUT2D eigenvalue weighted by atomic mass is 16.1. The number of likely N-dealkylation sites (tertiary alicyclic amines) is 1. The van der Waals surface area contributed by atoms with Crippen molar-refractivity contribution in [2.75, 3.05) is 13.1 Å².